The van der Waals surface area contributed by atoms with Crippen LogP contribution in [0.25, 0.3) is 10.2 Å². The fraction of sp³-hybridized carbons (Fsp3) is 0.333. The van der Waals surface area contributed by atoms with Crippen LogP contribution >= 0.6 is 22.9 Å². The number of rotatable bonds is 3. The van der Waals surface area contributed by atoms with Gasteiger partial charge in [0.05, 0.1) is 12.8 Å². The van der Waals surface area contributed by atoms with Crippen molar-refractivity contribution in [3.05, 3.63) is 15.5 Å². The summed E-state index contributed by atoms with van der Waals surface area (Å²) in [6, 6.07) is 0. The maximum absolute atomic E-state index is 11.9. The summed E-state index contributed by atoms with van der Waals surface area (Å²) in [5.74, 6) is 0.146. The van der Waals surface area contributed by atoms with Gasteiger partial charge in [-0.05, 0) is 19.4 Å². The second-order valence-corrected chi connectivity index (χ2v) is 5.32. The zero-order valence-corrected chi connectivity index (χ0v) is 12.4. The van der Waals surface area contributed by atoms with Crippen molar-refractivity contribution in [1.29, 1.82) is 0 Å². The number of nitrogen functional groups attached to an aromatic ring is 1. The van der Waals surface area contributed by atoms with E-state index < -0.39 is 0 Å². The first kappa shape index (κ1) is 13.9. The van der Waals surface area contributed by atoms with E-state index in [9.17, 15) is 4.79 Å². The Balaban J connectivity index is 2.70. The molecule has 0 unspecified atom stereocenters. The number of carbonyl (C=O) groups excluding carboxylic acids is 1. The van der Waals surface area contributed by atoms with Gasteiger partial charge in [-0.2, -0.15) is 0 Å². The Hall–Kier alpha value is -1.53. The minimum absolute atomic E-state index is 0.197. The van der Waals surface area contributed by atoms with Crippen molar-refractivity contribution >= 4 is 44.7 Å². The maximum atomic E-state index is 11.9. The van der Waals surface area contributed by atoms with Gasteiger partial charge in [-0.1, -0.05) is 11.6 Å². The number of hydrogen-bond donors (Lipinski definition) is 2. The summed E-state index contributed by atoms with van der Waals surface area (Å²) in [6.45, 7) is 4.23. The molecule has 0 saturated heterocycles. The number of nitrogens with one attached hydrogen (secondary N) is 1. The molecule has 0 spiro atoms. The van der Waals surface area contributed by atoms with Crippen molar-refractivity contribution < 1.29 is 9.53 Å². The van der Waals surface area contributed by atoms with E-state index in [1.165, 1.54) is 18.4 Å². The molecule has 0 saturated carbocycles. The molecule has 0 atom stereocenters. The van der Waals surface area contributed by atoms with Gasteiger partial charge in [0.15, 0.2) is 0 Å². The summed E-state index contributed by atoms with van der Waals surface area (Å²) in [4.78, 5) is 17.3. The van der Waals surface area contributed by atoms with Crippen molar-refractivity contribution in [2.24, 2.45) is 0 Å². The van der Waals surface area contributed by atoms with Crippen molar-refractivity contribution in [2.75, 3.05) is 19.4 Å². The number of halogens is 1. The lowest BCUT2D eigenvalue weighted by Gasteiger charge is -2.06. The van der Waals surface area contributed by atoms with Crippen LogP contribution in [0.3, 0.4) is 0 Å². The third-order valence-corrected chi connectivity index (χ3v) is 4.30. The molecule has 3 N–H and O–H groups in total. The maximum Gasteiger partial charge on any atom is 0.263 e. The van der Waals surface area contributed by atoms with Crippen LogP contribution in [0.4, 0.5) is 5.69 Å². The lowest BCUT2D eigenvalue weighted by Crippen LogP contribution is -2.22. The standard InChI is InChI=1S/C12H14ClN3O2S/c1-4-15-10(17)9-8(14)6-5(2)7(13)11(18-3)16-12(6)19-9/h4,14H2,1-3H3,(H,15,17). The number of ether oxygens (including phenoxy) is 1. The zero-order valence-electron chi connectivity index (χ0n) is 10.8. The van der Waals surface area contributed by atoms with E-state index >= 15 is 0 Å². The molecular weight excluding hydrogens is 286 g/mol. The first-order valence-corrected chi connectivity index (χ1v) is 6.90. The number of nitrogens with zero attached hydrogens (tertiary/aromatic N) is 1. The third kappa shape index (κ3) is 2.21. The highest BCUT2D eigenvalue weighted by Crippen LogP contribution is 2.40. The highest BCUT2D eigenvalue weighted by Gasteiger charge is 2.21. The van der Waals surface area contributed by atoms with Crippen LogP contribution in [-0.2, 0) is 0 Å². The van der Waals surface area contributed by atoms with E-state index in [2.05, 4.69) is 10.3 Å². The number of hydrogen-bond acceptors (Lipinski definition) is 5. The topological polar surface area (TPSA) is 77.2 Å². The number of carbonyl (C=O) groups is 1. The summed E-state index contributed by atoms with van der Waals surface area (Å²) in [6.07, 6.45) is 0. The van der Waals surface area contributed by atoms with Crippen LogP contribution < -0.4 is 15.8 Å². The molecule has 0 radical (unpaired) electrons. The molecule has 2 rings (SSSR count). The normalized spacial score (nSPS) is 10.7. The first-order chi connectivity index (χ1) is 9.01. The minimum Gasteiger partial charge on any atom is -0.480 e. The zero-order chi connectivity index (χ0) is 14.2. The summed E-state index contributed by atoms with van der Waals surface area (Å²) in [5, 5.41) is 3.86. The van der Waals surface area contributed by atoms with Crippen LogP contribution in [0.1, 0.15) is 22.2 Å². The molecule has 0 aliphatic rings. The van der Waals surface area contributed by atoms with Crippen LogP contribution in [0.2, 0.25) is 5.02 Å². The number of aromatic nitrogens is 1. The Morgan fingerprint density at radius 2 is 2.26 bits per heavy atom. The fourth-order valence-corrected chi connectivity index (χ4v) is 3.11. The molecule has 7 heteroatoms. The summed E-state index contributed by atoms with van der Waals surface area (Å²) in [5.41, 5.74) is 7.23. The molecule has 5 nitrogen and oxygen atoms in total. The number of anilines is 1. The van der Waals surface area contributed by atoms with Gasteiger partial charge in [-0.15, -0.1) is 11.3 Å². The average molecular weight is 300 g/mol. The van der Waals surface area contributed by atoms with Crippen LogP contribution in [0, 0.1) is 6.92 Å². The van der Waals surface area contributed by atoms with E-state index in [-0.39, 0.29) is 5.91 Å². The molecule has 2 heterocycles. The first-order valence-electron chi connectivity index (χ1n) is 5.71. The van der Waals surface area contributed by atoms with Gasteiger partial charge in [0, 0.05) is 11.9 Å². The Morgan fingerprint density at radius 1 is 1.58 bits per heavy atom. The molecule has 2 aromatic rings. The Labute approximate surface area is 119 Å². The van der Waals surface area contributed by atoms with E-state index in [4.69, 9.17) is 22.1 Å². The smallest absolute Gasteiger partial charge is 0.263 e. The number of nitrogens with two attached hydrogens (primary N) is 1. The van der Waals surface area contributed by atoms with Gasteiger partial charge < -0.3 is 15.8 Å². The van der Waals surface area contributed by atoms with Crippen LogP contribution in [0.5, 0.6) is 5.88 Å². The van der Waals surface area contributed by atoms with Gasteiger partial charge in [-0.25, -0.2) is 4.98 Å². The van der Waals surface area contributed by atoms with E-state index in [1.54, 1.807) is 0 Å². The number of fused-ring (bicyclic) bond motifs is 1. The summed E-state index contributed by atoms with van der Waals surface area (Å²) >= 11 is 7.39. The largest absolute Gasteiger partial charge is 0.480 e. The fourth-order valence-electron chi connectivity index (χ4n) is 1.83. The van der Waals surface area contributed by atoms with Crippen LogP contribution in [-0.4, -0.2) is 24.5 Å². The van der Waals surface area contributed by atoms with E-state index in [0.717, 1.165) is 10.9 Å². The van der Waals surface area contributed by atoms with Crippen molar-refractivity contribution in [3.8, 4) is 5.88 Å². The van der Waals surface area contributed by atoms with Crippen molar-refractivity contribution in [1.82, 2.24) is 10.3 Å². The quantitative estimate of drug-likeness (QED) is 0.913. The molecule has 0 fully saturated rings. The molecule has 0 aliphatic heterocycles. The second-order valence-electron chi connectivity index (χ2n) is 3.94. The van der Waals surface area contributed by atoms with Crippen molar-refractivity contribution in [3.63, 3.8) is 0 Å². The second kappa shape index (κ2) is 5.22. The average Bonchev–Trinajstić information content (AvgIpc) is 2.71. The monoisotopic (exact) mass is 299 g/mol. The molecule has 0 aromatic carbocycles. The predicted octanol–water partition coefficient (Wildman–Crippen LogP) is 2.60. The molecule has 0 aliphatic carbocycles. The van der Waals surface area contributed by atoms with Crippen molar-refractivity contribution in [2.45, 2.75) is 13.8 Å². The van der Waals surface area contributed by atoms with E-state index in [1.807, 2.05) is 13.8 Å². The Morgan fingerprint density at radius 3 is 2.84 bits per heavy atom. The number of methoxy groups -OCH3 is 1. The molecule has 19 heavy (non-hydrogen) atoms. The highest BCUT2D eigenvalue weighted by atomic mass is 35.5. The third-order valence-electron chi connectivity index (χ3n) is 2.76. The summed E-state index contributed by atoms with van der Waals surface area (Å²) < 4.78 is 5.11. The predicted molar refractivity (Wildman–Crippen MR) is 78.3 cm³/mol. The Bertz CT molecular complexity index is 654. The van der Waals surface area contributed by atoms with Gasteiger partial charge in [-0.3, -0.25) is 4.79 Å². The van der Waals surface area contributed by atoms with Gasteiger partial charge in [0.25, 0.3) is 5.91 Å². The van der Waals surface area contributed by atoms with E-state index in [0.29, 0.717) is 32.8 Å². The lowest BCUT2D eigenvalue weighted by molar-refractivity contribution is 0.0960. The number of thiophene rings is 1. The molecule has 0 bridgehead atoms. The molecular formula is C12H14ClN3O2S. The molecule has 2 aromatic heterocycles. The van der Waals surface area contributed by atoms with Crippen LogP contribution in [0.15, 0.2) is 0 Å². The number of aryl methyl sites for hydroxylation is 1. The lowest BCUT2D eigenvalue weighted by atomic mass is 10.1. The summed E-state index contributed by atoms with van der Waals surface area (Å²) in [7, 11) is 1.50. The molecule has 102 valence electrons. The highest BCUT2D eigenvalue weighted by molar-refractivity contribution is 7.21. The van der Waals surface area contributed by atoms with Gasteiger partial charge in [0.2, 0.25) is 5.88 Å². The van der Waals surface area contributed by atoms with Gasteiger partial charge >= 0.3 is 0 Å². The number of pyridine rings is 1. The Kier molecular flexibility index (Phi) is 3.82. The number of amides is 1. The minimum atomic E-state index is -0.197. The van der Waals surface area contributed by atoms with Gasteiger partial charge in [0.1, 0.15) is 14.7 Å². The molecule has 1 amide bonds. The SMILES string of the molecule is CCNC(=O)c1sc2nc(OC)c(Cl)c(C)c2c1N.